The summed E-state index contributed by atoms with van der Waals surface area (Å²) in [5.41, 5.74) is 2.42. The molecule has 0 aliphatic carbocycles. The van der Waals surface area contributed by atoms with Gasteiger partial charge in [0.05, 0.1) is 13.2 Å². The van der Waals surface area contributed by atoms with Crippen LogP contribution in [0.3, 0.4) is 0 Å². The van der Waals surface area contributed by atoms with Crippen molar-refractivity contribution in [3.05, 3.63) is 83.9 Å². The van der Waals surface area contributed by atoms with Crippen LogP contribution in [0.1, 0.15) is 28.4 Å². The van der Waals surface area contributed by atoms with Gasteiger partial charge in [0.25, 0.3) is 5.91 Å². The molecule has 0 spiro atoms. The molecule has 1 amide bonds. The third kappa shape index (κ3) is 5.26. The lowest BCUT2D eigenvalue weighted by Crippen LogP contribution is -2.43. The molecule has 28 heavy (non-hydrogen) atoms. The van der Waals surface area contributed by atoms with E-state index in [9.17, 15) is 9.59 Å². The normalized spacial score (nSPS) is 11.6. The van der Waals surface area contributed by atoms with Gasteiger partial charge in [0.1, 0.15) is 18.7 Å². The summed E-state index contributed by atoms with van der Waals surface area (Å²) in [5, 5.41) is 6.85. The van der Waals surface area contributed by atoms with Crippen LogP contribution in [0.5, 0.6) is 0 Å². The third-order valence-corrected chi connectivity index (χ3v) is 4.19. The SMILES string of the molecule is CCOC(=O)C(Cc1ccccc1)NC(=O)c1ccc(Cn2cncn2)cc1. The van der Waals surface area contributed by atoms with Gasteiger partial charge in [0.2, 0.25) is 0 Å². The summed E-state index contributed by atoms with van der Waals surface area (Å²) < 4.78 is 6.82. The fourth-order valence-electron chi connectivity index (χ4n) is 2.79. The number of ether oxygens (including phenoxy) is 1. The largest absolute Gasteiger partial charge is 0.464 e. The summed E-state index contributed by atoms with van der Waals surface area (Å²) >= 11 is 0. The molecule has 1 N–H and O–H groups in total. The average Bonchev–Trinajstić information content (AvgIpc) is 3.22. The molecule has 3 rings (SSSR count). The first-order chi connectivity index (χ1) is 13.7. The van der Waals surface area contributed by atoms with Crippen molar-refractivity contribution < 1.29 is 14.3 Å². The van der Waals surface area contributed by atoms with E-state index in [1.165, 1.54) is 6.33 Å². The quantitative estimate of drug-likeness (QED) is 0.608. The minimum absolute atomic E-state index is 0.261. The summed E-state index contributed by atoms with van der Waals surface area (Å²) in [5.74, 6) is -0.760. The number of benzene rings is 2. The topological polar surface area (TPSA) is 86.1 Å². The standard InChI is InChI=1S/C21H22N4O3/c1-2-28-21(27)19(12-16-6-4-3-5-7-16)24-20(26)18-10-8-17(9-11-18)13-25-15-22-14-23-25/h3-11,14-15,19H,2,12-13H2,1H3,(H,24,26). The van der Waals surface area contributed by atoms with Crippen molar-refractivity contribution in [3.63, 3.8) is 0 Å². The monoisotopic (exact) mass is 378 g/mol. The number of carbonyl (C=O) groups is 2. The van der Waals surface area contributed by atoms with E-state index >= 15 is 0 Å². The van der Waals surface area contributed by atoms with Gasteiger partial charge in [-0.05, 0) is 30.2 Å². The number of rotatable bonds is 8. The van der Waals surface area contributed by atoms with Crippen LogP contribution >= 0.6 is 0 Å². The Bertz CT molecular complexity index is 893. The zero-order valence-corrected chi connectivity index (χ0v) is 15.6. The van der Waals surface area contributed by atoms with Crippen molar-refractivity contribution in [2.45, 2.75) is 25.9 Å². The highest BCUT2D eigenvalue weighted by Crippen LogP contribution is 2.09. The molecule has 2 aromatic carbocycles. The van der Waals surface area contributed by atoms with Crippen LogP contribution in [0.4, 0.5) is 0 Å². The van der Waals surface area contributed by atoms with Gasteiger partial charge in [0, 0.05) is 12.0 Å². The summed E-state index contributed by atoms with van der Waals surface area (Å²) in [6.07, 6.45) is 3.48. The molecule has 0 radical (unpaired) electrons. The predicted molar refractivity (Wildman–Crippen MR) is 104 cm³/mol. The predicted octanol–water partition coefficient (Wildman–Crippen LogP) is 2.23. The molecule has 0 aliphatic heterocycles. The van der Waals surface area contributed by atoms with Crippen molar-refractivity contribution in [3.8, 4) is 0 Å². The fourth-order valence-corrected chi connectivity index (χ4v) is 2.79. The highest BCUT2D eigenvalue weighted by Gasteiger charge is 2.23. The first kappa shape index (κ1) is 19.3. The smallest absolute Gasteiger partial charge is 0.328 e. The molecule has 0 aliphatic rings. The number of aromatic nitrogens is 3. The van der Waals surface area contributed by atoms with Crippen molar-refractivity contribution in [2.24, 2.45) is 0 Å². The molecule has 3 aromatic rings. The van der Waals surface area contributed by atoms with Crippen LogP contribution in [0.25, 0.3) is 0 Å². The van der Waals surface area contributed by atoms with Gasteiger partial charge < -0.3 is 10.1 Å². The van der Waals surface area contributed by atoms with E-state index in [1.807, 2.05) is 42.5 Å². The maximum atomic E-state index is 12.6. The van der Waals surface area contributed by atoms with E-state index < -0.39 is 12.0 Å². The van der Waals surface area contributed by atoms with Crippen LogP contribution in [0.15, 0.2) is 67.3 Å². The van der Waals surface area contributed by atoms with Crippen LogP contribution in [0.2, 0.25) is 0 Å². The molecule has 7 heteroatoms. The molecule has 7 nitrogen and oxygen atoms in total. The van der Waals surface area contributed by atoms with Gasteiger partial charge in [0.15, 0.2) is 0 Å². The van der Waals surface area contributed by atoms with Crippen molar-refractivity contribution >= 4 is 11.9 Å². The minimum Gasteiger partial charge on any atom is -0.464 e. The van der Waals surface area contributed by atoms with E-state index in [4.69, 9.17) is 4.74 Å². The van der Waals surface area contributed by atoms with Crippen LogP contribution in [-0.4, -0.2) is 39.3 Å². The van der Waals surface area contributed by atoms with Crippen molar-refractivity contribution in [2.75, 3.05) is 6.61 Å². The molecular formula is C21H22N4O3. The Hall–Kier alpha value is -3.48. The highest BCUT2D eigenvalue weighted by atomic mass is 16.5. The number of esters is 1. The van der Waals surface area contributed by atoms with E-state index in [-0.39, 0.29) is 12.5 Å². The number of amides is 1. The maximum Gasteiger partial charge on any atom is 0.328 e. The van der Waals surface area contributed by atoms with Gasteiger partial charge in [-0.1, -0.05) is 42.5 Å². The molecule has 0 fully saturated rings. The minimum atomic E-state index is -0.746. The first-order valence-corrected chi connectivity index (χ1v) is 9.08. The highest BCUT2D eigenvalue weighted by molar-refractivity contribution is 5.96. The molecule has 1 atom stereocenters. The molecule has 0 bridgehead atoms. The van der Waals surface area contributed by atoms with Crippen LogP contribution in [-0.2, 0) is 22.5 Å². The molecule has 1 aromatic heterocycles. The first-order valence-electron chi connectivity index (χ1n) is 9.08. The zero-order chi connectivity index (χ0) is 19.8. The average molecular weight is 378 g/mol. The zero-order valence-electron chi connectivity index (χ0n) is 15.6. The van der Waals surface area contributed by atoms with E-state index in [0.717, 1.165) is 11.1 Å². The summed E-state index contributed by atoms with van der Waals surface area (Å²) in [4.78, 5) is 28.8. The van der Waals surface area contributed by atoms with Crippen LogP contribution < -0.4 is 5.32 Å². The number of carbonyl (C=O) groups excluding carboxylic acids is 2. The molecule has 1 heterocycles. The number of hydrogen-bond acceptors (Lipinski definition) is 5. The van der Waals surface area contributed by atoms with Crippen molar-refractivity contribution in [1.29, 1.82) is 0 Å². The Balaban J connectivity index is 1.67. The molecule has 0 saturated carbocycles. The number of nitrogens with one attached hydrogen (secondary N) is 1. The third-order valence-electron chi connectivity index (χ3n) is 4.19. The Morgan fingerprint density at radius 1 is 1.07 bits per heavy atom. The molecule has 144 valence electrons. The second kappa shape index (κ2) is 9.45. The second-order valence-electron chi connectivity index (χ2n) is 6.26. The number of hydrogen-bond donors (Lipinski definition) is 1. The summed E-state index contributed by atoms with van der Waals surface area (Å²) in [6, 6.07) is 15.9. The Kier molecular flexibility index (Phi) is 6.51. The van der Waals surface area contributed by atoms with Gasteiger partial charge in [-0.25, -0.2) is 14.5 Å². The van der Waals surface area contributed by atoms with E-state index in [2.05, 4.69) is 15.4 Å². The summed E-state index contributed by atoms with van der Waals surface area (Å²) in [6.45, 7) is 2.57. The lowest BCUT2D eigenvalue weighted by Gasteiger charge is -2.17. The lowest BCUT2D eigenvalue weighted by atomic mass is 10.0. The lowest BCUT2D eigenvalue weighted by molar-refractivity contribution is -0.145. The molecular weight excluding hydrogens is 356 g/mol. The van der Waals surface area contributed by atoms with Crippen LogP contribution in [0, 0.1) is 0 Å². The van der Waals surface area contributed by atoms with E-state index in [1.54, 1.807) is 30.1 Å². The van der Waals surface area contributed by atoms with Crippen molar-refractivity contribution in [1.82, 2.24) is 20.1 Å². The maximum absolute atomic E-state index is 12.6. The number of nitrogens with zero attached hydrogens (tertiary/aromatic N) is 3. The van der Waals surface area contributed by atoms with Gasteiger partial charge >= 0.3 is 5.97 Å². The van der Waals surface area contributed by atoms with Gasteiger partial charge in [-0.15, -0.1) is 0 Å². The fraction of sp³-hybridized carbons (Fsp3) is 0.238. The molecule has 1 unspecified atom stereocenters. The second-order valence-corrected chi connectivity index (χ2v) is 6.26. The molecule has 0 saturated heterocycles. The Morgan fingerprint density at radius 2 is 1.82 bits per heavy atom. The Morgan fingerprint density at radius 3 is 2.46 bits per heavy atom. The Labute approximate surface area is 163 Å². The van der Waals surface area contributed by atoms with E-state index in [0.29, 0.717) is 18.5 Å². The van der Waals surface area contributed by atoms with Gasteiger partial charge in [-0.2, -0.15) is 5.10 Å². The summed E-state index contributed by atoms with van der Waals surface area (Å²) in [7, 11) is 0. The van der Waals surface area contributed by atoms with Gasteiger partial charge in [-0.3, -0.25) is 4.79 Å².